The van der Waals surface area contributed by atoms with E-state index >= 15 is 0 Å². The van der Waals surface area contributed by atoms with Gasteiger partial charge in [0.15, 0.2) is 0 Å². The summed E-state index contributed by atoms with van der Waals surface area (Å²) in [5.41, 5.74) is 1.41. The van der Waals surface area contributed by atoms with E-state index in [0.717, 1.165) is 12.1 Å². The molecule has 0 saturated carbocycles. The van der Waals surface area contributed by atoms with Gasteiger partial charge in [-0.2, -0.15) is 0 Å². The summed E-state index contributed by atoms with van der Waals surface area (Å²) < 4.78 is 22.9. The molecule has 2 aromatic rings. The van der Waals surface area contributed by atoms with Gasteiger partial charge in [-0.05, 0) is 31.0 Å². The number of esters is 1. The van der Waals surface area contributed by atoms with Gasteiger partial charge in [0.1, 0.15) is 11.5 Å². The minimum Gasteiger partial charge on any atom is -0.497 e. The van der Waals surface area contributed by atoms with E-state index in [-0.39, 0.29) is 24.6 Å². The van der Waals surface area contributed by atoms with Gasteiger partial charge in [-0.15, -0.1) is 0 Å². The van der Waals surface area contributed by atoms with Crippen molar-refractivity contribution < 1.29 is 28.5 Å². The van der Waals surface area contributed by atoms with Crippen molar-refractivity contribution in [1.29, 1.82) is 0 Å². The highest BCUT2D eigenvalue weighted by Crippen LogP contribution is 2.50. The van der Waals surface area contributed by atoms with Crippen LogP contribution in [0.1, 0.15) is 24.5 Å². The van der Waals surface area contributed by atoms with Crippen molar-refractivity contribution in [3.63, 3.8) is 0 Å². The van der Waals surface area contributed by atoms with Gasteiger partial charge >= 0.3 is 5.97 Å². The van der Waals surface area contributed by atoms with Gasteiger partial charge < -0.3 is 23.8 Å². The van der Waals surface area contributed by atoms with Crippen LogP contribution in [-0.2, 0) is 32.2 Å². The molecule has 5 rings (SSSR count). The summed E-state index contributed by atoms with van der Waals surface area (Å²) in [6.07, 6.45) is 0.297. The van der Waals surface area contributed by atoms with Crippen molar-refractivity contribution in [3.05, 3.63) is 59.7 Å². The number of morpholine rings is 1. The Kier molecular flexibility index (Phi) is 6.90. The minimum atomic E-state index is -0.688. The summed E-state index contributed by atoms with van der Waals surface area (Å²) in [7, 11) is 3.22. The molecule has 0 unspecified atom stereocenters. The Hall–Kier alpha value is -3.10. The second-order valence-electron chi connectivity index (χ2n) is 9.82. The van der Waals surface area contributed by atoms with Crippen molar-refractivity contribution in [3.8, 4) is 11.5 Å². The Balaban J connectivity index is 1.41. The molecule has 3 saturated heterocycles. The zero-order valence-corrected chi connectivity index (χ0v) is 21.1. The van der Waals surface area contributed by atoms with Crippen molar-refractivity contribution >= 4 is 11.9 Å². The SMILES string of the molecule is CCOC(=O)[C@@H]1[C@@H]2CN(Cc3ccccc3)C[C@]3(CCN(Cc4ccc(OC)cc4OC)C(=O)[C@H]13)O2. The summed E-state index contributed by atoms with van der Waals surface area (Å²) in [4.78, 5) is 31.3. The molecule has 3 fully saturated rings. The maximum Gasteiger partial charge on any atom is 0.312 e. The number of piperidine rings is 1. The van der Waals surface area contributed by atoms with E-state index < -0.39 is 17.4 Å². The topological polar surface area (TPSA) is 77.5 Å². The summed E-state index contributed by atoms with van der Waals surface area (Å²) in [5.74, 6) is -0.216. The Morgan fingerprint density at radius 1 is 1.11 bits per heavy atom. The lowest BCUT2D eigenvalue weighted by molar-refractivity contribution is -0.167. The zero-order valence-electron chi connectivity index (χ0n) is 21.1. The van der Waals surface area contributed by atoms with E-state index in [2.05, 4.69) is 17.0 Å². The first-order valence-electron chi connectivity index (χ1n) is 12.6. The number of hydrogen-bond acceptors (Lipinski definition) is 7. The van der Waals surface area contributed by atoms with Crippen LogP contribution in [0.15, 0.2) is 48.5 Å². The van der Waals surface area contributed by atoms with Crippen LogP contribution in [-0.4, -0.2) is 73.8 Å². The summed E-state index contributed by atoms with van der Waals surface area (Å²) in [5, 5.41) is 0. The van der Waals surface area contributed by atoms with Crippen molar-refractivity contribution in [2.75, 3.05) is 40.5 Å². The summed E-state index contributed by atoms with van der Waals surface area (Å²) in [6.45, 7) is 4.98. The average molecular weight is 495 g/mol. The molecule has 0 aromatic heterocycles. The largest absolute Gasteiger partial charge is 0.497 e. The molecule has 0 N–H and O–H groups in total. The highest BCUT2D eigenvalue weighted by Gasteiger charge is 2.66. The smallest absolute Gasteiger partial charge is 0.312 e. The van der Waals surface area contributed by atoms with Gasteiger partial charge in [0.25, 0.3) is 0 Å². The number of hydrogen-bond donors (Lipinski definition) is 0. The van der Waals surface area contributed by atoms with Crippen molar-refractivity contribution in [2.45, 2.75) is 38.1 Å². The number of carbonyl (C=O) groups excluding carboxylic acids is 2. The highest BCUT2D eigenvalue weighted by molar-refractivity contribution is 5.88. The molecule has 3 heterocycles. The average Bonchev–Trinajstić information content (AvgIpc) is 3.13. The number of nitrogens with zero attached hydrogens (tertiary/aromatic N) is 2. The first-order valence-corrected chi connectivity index (χ1v) is 12.6. The maximum absolute atomic E-state index is 14.0. The van der Waals surface area contributed by atoms with Gasteiger partial charge in [0.2, 0.25) is 5.91 Å². The quantitative estimate of drug-likeness (QED) is 0.522. The van der Waals surface area contributed by atoms with Gasteiger partial charge in [-0.25, -0.2) is 0 Å². The fraction of sp³-hybridized carbons (Fsp3) is 0.500. The third kappa shape index (κ3) is 4.44. The molecule has 2 aromatic carbocycles. The van der Waals surface area contributed by atoms with E-state index in [1.807, 2.05) is 41.3 Å². The first-order chi connectivity index (χ1) is 17.5. The Morgan fingerprint density at radius 2 is 1.92 bits per heavy atom. The molecule has 2 bridgehead atoms. The van der Waals surface area contributed by atoms with Gasteiger partial charge in [0.05, 0.1) is 44.4 Å². The monoisotopic (exact) mass is 494 g/mol. The lowest BCUT2D eigenvalue weighted by Gasteiger charge is -2.46. The lowest BCUT2D eigenvalue weighted by atomic mass is 9.74. The number of ether oxygens (including phenoxy) is 4. The van der Waals surface area contributed by atoms with E-state index in [4.69, 9.17) is 18.9 Å². The van der Waals surface area contributed by atoms with Crippen LogP contribution in [0, 0.1) is 11.8 Å². The first kappa shape index (κ1) is 24.6. The molecule has 8 heteroatoms. The van der Waals surface area contributed by atoms with E-state index in [9.17, 15) is 9.59 Å². The third-order valence-electron chi connectivity index (χ3n) is 7.69. The fourth-order valence-electron chi connectivity index (χ4n) is 6.11. The van der Waals surface area contributed by atoms with Crippen LogP contribution in [0.4, 0.5) is 0 Å². The molecular weight excluding hydrogens is 460 g/mol. The zero-order chi connectivity index (χ0) is 25.3. The van der Waals surface area contributed by atoms with Crippen LogP contribution in [0.2, 0.25) is 0 Å². The molecule has 0 radical (unpaired) electrons. The van der Waals surface area contributed by atoms with Crippen molar-refractivity contribution in [1.82, 2.24) is 9.80 Å². The predicted octanol–water partition coefficient (Wildman–Crippen LogP) is 2.89. The van der Waals surface area contributed by atoms with Crippen LogP contribution >= 0.6 is 0 Å². The fourth-order valence-corrected chi connectivity index (χ4v) is 6.11. The number of fused-ring (bicyclic) bond motifs is 1. The summed E-state index contributed by atoms with van der Waals surface area (Å²) >= 11 is 0. The second-order valence-corrected chi connectivity index (χ2v) is 9.82. The third-order valence-corrected chi connectivity index (χ3v) is 7.69. The summed E-state index contributed by atoms with van der Waals surface area (Å²) in [6, 6.07) is 15.9. The Labute approximate surface area is 212 Å². The van der Waals surface area contributed by atoms with Crippen LogP contribution in [0.3, 0.4) is 0 Å². The van der Waals surface area contributed by atoms with Crippen LogP contribution in [0.25, 0.3) is 0 Å². The molecule has 0 aliphatic carbocycles. The van der Waals surface area contributed by atoms with E-state index in [0.29, 0.717) is 44.1 Å². The number of methoxy groups -OCH3 is 2. The molecule has 1 amide bonds. The molecule has 36 heavy (non-hydrogen) atoms. The van der Waals surface area contributed by atoms with Crippen LogP contribution in [0.5, 0.6) is 11.5 Å². The number of amides is 1. The number of carbonyl (C=O) groups is 2. The van der Waals surface area contributed by atoms with Gasteiger partial charge in [-0.3, -0.25) is 14.5 Å². The Morgan fingerprint density at radius 3 is 2.64 bits per heavy atom. The molecule has 4 atom stereocenters. The van der Waals surface area contributed by atoms with E-state index in [1.54, 1.807) is 21.1 Å². The van der Waals surface area contributed by atoms with Crippen LogP contribution < -0.4 is 9.47 Å². The molecule has 3 aliphatic rings. The number of benzene rings is 2. The van der Waals surface area contributed by atoms with E-state index in [1.165, 1.54) is 5.56 Å². The van der Waals surface area contributed by atoms with Gasteiger partial charge in [0, 0.05) is 44.4 Å². The highest BCUT2D eigenvalue weighted by atomic mass is 16.6. The predicted molar refractivity (Wildman–Crippen MR) is 133 cm³/mol. The second kappa shape index (κ2) is 10.1. The molecule has 1 spiro atoms. The molecular formula is C28H34N2O6. The molecule has 192 valence electrons. The number of rotatable bonds is 8. The van der Waals surface area contributed by atoms with Gasteiger partial charge in [-0.1, -0.05) is 30.3 Å². The molecule has 8 nitrogen and oxygen atoms in total. The minimum absolute atomic E-state index is 0.0544. The maximum atomic E-state index is 14.0. The van der Waals surface area contributed by atoms with Crippen molar-refractivity contribution in [2.24, 2.45) is 11.8 Å². The molecule has 3 aliphatic heterocycles. The normalized spacial score (nSPS) is 27.5. The number of likely N-dealkylation sites (tertiary alicyclic amines) is 2. The Bertz CT molecular complexity index is 1110. The lowest BCUT2D eigenvalue weighted by Crippen LogP contribution is -2.60. The standard InChI is InChI=1S/C28H34N2O6/c1-4-35-27(32)24-23-17-29(15-19-8-6-5-7-9-19)18-28(36-23)12-13-30(26(31)25(24)28)16-20-10-11-21(33-2)14-22(20)34-3/h5-11,14,23-25H,4,12-13,15-18H2,1-3H3/t23-,24+,25-,28-/m0/s1.